The van der Waals surface area contributed by atoms with E-state index in [9.17, 15) is 9.90 Å². The topological polar surface area (TPSA) is 156 Å². The molecule has 3 heterocycles. The molecule has 0 radical (unpaired) electrons. The molecule has 1 aliphatic heterocycles. The summed E-state index contributed by atoms with van der Waals surface area (Å²) in [7, 11) is 0. The van der Waals surface area contributed by atoms with E-state index >= 15 is 0 Å². The Balaban J connectivity index is 1.48. The van der Waals surface area contributed by atoms with Crippen LogP contribution < -0.4 is 10.6 Å². The number of aliphatic hydroxyl groups is 2. The molecule has 11 heteroatoms. The predicted octanol–water partition coefficient (Wildman–Crippen LogP) is 5.26. The average molecular weight is 573 g/mol. The number of aromatic nitrogens is 4. The molecule has 0 saturated carbocycles. The van der Waals surface area contributed by atoms with E-state index in [2.05, 4.69) is 25.8 Å². The zero-order valence-corrected chi connectivity index (χ0v) is 24.2. The number of carbonyl (C=O) groups excluding carboxylic acids is 1. The van der Waals surface area contributed by atoms with Crippen LogP contribution in [0.1, 0.15) is 80.3 Å². The largest absolute Gasteiger partial charge is 0.451 e. The lowest BCUT2D eigenvalue weighted by Gasteiger charge is -2.20. The van der Waals surface area contributed by atoms with E-state index in [0.717, 1.165) is 24.0 Å². The number of carbonyl (C=O) groups is 1. The summed E-state index contributed by atoms with van der Waals surface area (Å²) in [5.74, 6) is 1.12. The molecule has 0 bridgehead atoms. The van der Waals surface area contributed by atoms with Crippen LogP contribution in [0.2, 0.25) is 0 Å². The van der Waals surface area contributed by atoms with Crippen LogP contribution in [0.5, 0.6) is 0 Å². The number of ether oxygens (including phenoxy) is 1. The molecule has 2 aromatic carbocycles. The fourth-order valence-electron chi connectivity index (χ4n) is 4.96. The molecular formula is C31H36N6O5. The number of cyclic esters (lactones) is 1. The molecule has 0 aliphatic carbocycles. The van der Waals surface area contributed by atoms with Crippen molar-refractivity contribution >= 4 is 23.4 Å². The molecule has 0 unspecified atom stereocenters. The van der Waals surface area contributed by atoms with Gasteiger partial charge in [-0.1, -0.05) is 55.8 Å². The van der Waals surface area contributed by atoms with Crippen LogP contribution in [0.25, 0.3) is 11.5 Å². The number of fused-ring (bicyclic) bond motifs is 1. The summed E-state index contributed by atoms with van der Waals surface area (Å²) in [6.07, 6.45) is 3.92. The van der Waals surface area contributed by atoms with Gasteiger partial charge in [-0.15, -0.1) is 0 Å². The van der Waals surface area contributed by atoms with Gasteiger partial charge < -0.3 is 30.1 Å². The first-order chi connectivity index (χ1) is 20.1. The molecule has 220 valence electrons. The number of benzene rings is 2. The van der Waals surface area contributed by atoms with Gasteiger partial charge in [0.2, 0.25) is 5.95 Å². The minimum atomic E-state index is -0.743. The van der Waals surface area contributed by atoms with E-state index < -0.39 is 11.6 Å². The minimum absolute atomic E-state index is 0.142. The zero-order chi connectivity index (χ0) is 29.9. The van der Waals surface area contributed by atoms with Crippen molar-refractivity contribution in [2.24, 2.45) is 0 Å². The molecule has 0 spiro atoms. The molecule has 4 N–H and O–H groups in total. The summed E-state index contributed by atoms with van der Waals surface area (Å²) >= 11 is 0. The van der Waals surface area contributed by atoms with Gasteiger partial charge in [0, 0.05) is 29.5 Å². The average Bonchev–Trinajstić information content (AvgIpc) is 3.55. The minimum Gasteiger partial charge on any atom is -0.451 e. The van der Waals surface area contributed by atoms with Crippen molar-refractivity contribution in [3.8, 4) is 11.5 Å². The van der Waals surface area contributed by atoms with Crippen LogP contribution >= 0.6 is 0 Å². The van der Waals surface area contributed by atoms with E-state index in [-0.39, 0.29) is 36.4 Å². The predicted molar refractivity (Wildman–Crippen MR) is 157 cm³/mol. The van der Waals surface area contributed by atoms with Crippen LogP contribution in [0, 0.1) is 0 Å². The lowest BCUT2D eigenvalue weighted by molar-refractivity contribution is 0.00954. The lowest BCUT2D eigenvalue weighted by Crippen LogP contribution is -2.19. The van der Waals surface area contributed by atoms with Gasteiger partial charge in [-0.05, 0) is 50.5 Å². The number of anilines is 3. The van der Waals surface area contributed by atoms with E-state index in [1.165, 1.54) is 0 Å². The number of aliphatic hydroxyl groups excluding tert-OH is 2. The second-order valence-electron chi connectivity index (χ2n) is 11.5. The first-order valence-corrected chi connectivity index (χ1v) is 14.0. The van der Waals surface area contributed by atoms with Crippen molar-refractivity contribution < 1.29 is 24.3 Å². The second-order valence-corrected chi connectivity index (χ2v) is 11.5. The lowest BCUT2D eigenvalue weighted by atomic mass is 9.86. The molecule has 11 nitrogen and oxygen atoms in total. The Bertz CT molecular complexity index is 1550. The fourth-order valence-corrected chi connectivity index (χ4v) is 4.96. The molecule has 2 aromatic heterocycles. The number of hydrogen-bond acceptors (Lipinski definition) is 11. The maximum atomic E-state index is 12.2. The SMILES string of the molecule is CC(C)(CCCCO)c1noc(-c2cnc(Nc3ccc4c(c3)C(C)(C)OC4=O)nc2N[C@H](CO)c2ccccc2)n1. The van der Waals surface area contributed by atoms with Crippen LogP contribution in [0.15, 0.2) is 59.3 Å². The van der Waals surface area contributed by atoms with Gasteiger partial charge >= 0.3 is 5.97 Å². The van der Waals surface area contributed by atoms with Gasteiger partial charge in [0.05, 0.1) is 18.2 Å². The number of nitrogens with zero attached hydrogens (tertiary/aromatic N) is 4. The third-order valence-corrected chi connectivity index (χ3v) is 7.45. The summed E-state index contributed by atoms with van der Waals surface area (Å²) in [5, 5.41) is 30.2. The first-order valence-electron chi connectivity index (χ1n) is 14.0. The fraction of sp³-hybridized carbons (Fsp3) is 0.387. The highest BCUT2D eigenvalue weighted by molar-refractivity contribution is 5.95. The number of esters is 1. The third kappa shape index (κ3) is 6.12. The van der Waals surface area contributed by atoms with Crippen LogP contribution in [-0.4, -0.2) is 49.5 Å². The zero-order valence-electron chi connectivity index (χ0n) is 24.2. The highest BCUT2D eigenvalue weighted by Crippen LogP contribution is 2.38. The van der Waals surface area contributed by atoms with Gasteiger partial charge in [-0.2, -0.15) is 9.97 Å². The Hall–Kier alpha value is -4.35. The maximum absolute atomic E-state index is 12.2. The molecule has 42 heavy (non-hydrogen) atoms. The first kappa shape index (κ1) is 29.2. The quantitative estimate of drug-likeness (QED) is 0.130. The van der Waals surface area contributed by atoms with Gasteiger partial charge in [-0.3, -0.25) is 0 Å². The highest BCUT2D eigenvalue weighted by Gasteiger charge is 2.37. The standard InChI is InChI=1S/C31H36N6O5/c1-30(2,14-8-9-15-38)28-36-26(42-37-28)22-17-32-29(35-25(22)34-24(18-39)19-10-6-5-7-11-19)33-20-12-13-21-23(16-20)31(3,4)41-27(21)40/h5-7,10-13,16-17,24,38-39H,8-9,14-15,18H2,1-4H3,(H2,32,33,34,35)/t24-/m1/s1. The van der Waals surface area contributed by atoms with Crippen LogP contribution in [0.3, 0.4) is 0 Å². The molecule has 0 fully saturated rings. The Labute approximate surface area is 244 Å². The second kappa shape index (κ2) is 11.9. The summed E-state index contributed by atoms with van der Waals surface area (Å²) < 4.78 is 11.2. The van der Waals surface area contributed by atoms with E-state index in [0.29, 0.717) is 34.9 Å². The highest BCUT2D eigenvalue weighted by atomic mass is 16.6. The Kier molecular flexibility index (Phi) is 8.24. The molecule has 0 saturated heterocycles. The van der Waals surface area contributed by atoms with E-state index in [1.54, 1.807) is 18.3 Å². The van der Waals surface area contributed by atoms with Crippen molar-refractivity contribution in [3.63, 3.8) is 0 Å². The van der Waals surface area contributed by atoms with Crippen molar-refractivity contribution in [2.75, 3.05) is 23.8 Å². The van der Waals surface area contributed by atoms with Gasteiger partial charge in [0.25, 0.3) is 5.89 Å². The number of hydrogen-bond donors (Lipinski definition) is 4. The Morgan fingerprint density at radius 1 is 1.02 bits per heavy atom. The molecule has 0 amide bonds. The van der Waals surface area contributed by atoms with E-state index in [4.69, 9.17) is 19.4 Å². The smallest absolute Gasteiger partial charge is 0.339 e. The molecule has 1 aliphatic rings. The normalized spacial score (nSPS) is 14.8. The monoisotopic (exact) mass is 572 g/mol. The third-order valence-electron chi connectivity index (χ3n) is 7.45. The van der Waals surface area contributed by atoms with Gasteiger partial charge in [0.15, 0.2) is 5.82 Å². The van der Waals surface area contributed by atoms with Crippen molar-refractivity contribution in [2.45, 2.75) is 64.0 Å². The molecular weight excluding hydrogens is 536 g/mol. The van der Waals surface area contributed by atoms with Crippen LogP contribution in [0.4, 0.5) is 17.5 Å². The maximum Gasteiger partial charge on any atom is 0.339 e. The van der Waals surface area contributed by atoms with Crippen molar-refractivity contribution in [3.05, 3.63) is 77.2 Å². The Morgan fingerprint density at radius 3 is 2.55 bits per heavy atom. The molecule has 5 rings (SSSR count). The number of rotatable bonds is 12. The Morgan fingerprint density at radius 2 is 1.81 bits per heavy atom. The van der Waals surface area contributed by atoms with Crippen molar-refractivity contribution in [1.82, 2.24) is 20.1 Å². The summed E-state index contributed by atoms with van der Waals surface area (Å²) in [5.41, 5.74) is 2.24. The summed E-state index contributed by atoms with van der Waals surface area (Å²) in [6.45, 7) is 7.73. The van der Waals surface area contributed by atoms with Crippen molar-refractivity contribution in [1.29, 1.82) is 0 Å². The summed E-state index contributed by atoms with van der Waals surface area (Å²) in [6, 6.07) is 14.4. The number of unbranched alkanes of at least 4 members (excludes halogenated alkanes) is 1. The van der Waals surface area contributed by atoms with Gasteiger partial charge in [-0.25, -0.2) is 9.78 Å². The number of nitrogens with one attached hydrogen (secondary N) is 2. The molecule has 1 atom stereocenters. The summed E-state index contributed by atoms with van der Waals surface area (Å²) in [4.78, 5) is 26.2. The van der Waals surface area contributed by atoms with Gasteiger partial charge in [0.1, 0.15) is 17.0 Å². The van der Waals surface area contributed by atoms with Crippen LogP contribution in [-0.2, 0) is 15.8 Å². The molecule has 4 aromatic rings. The van der Waals surface area contributed by atoms with E-state index in [1.807, 2.05) is 64.1 Å².